The highest BCUT2D eigenvalue weighted by Crippen LogP contribution is 2.43. The largest absolute Gasteiger partial charge is 0.456 e. The monoisotopic (exact) mass is 564 g/mol. The van der Waals surface area contributed by atoms with E-state index < -0.39 is 0 Å². The number of nitrogens with one attached hydrogen (secondary N) is 1. The van der Waals surface area contributed by atoms with Crippen molar-refractivity contribution in [2.75, 3.05) is 4.90 Å². The van der Waals surface area contributed by atoms with Crippen LogP contribution in [0.25, 0.3) is 55.1 Å². The van der Waals surface area contributed by atoms with Gasteiger partial charge in [-0.2, -0.15) is 0 Å². The molecular formula is C41H28N2O. The van der Waals surface area contributed by atoms with Crippen LogP contribution in [-0.2, 0) is 6.54 Å². The molecule has 1 aliphatic rings. The first-order valence-corrected chi connectivity index (χ1v) is 15.1. The Morgan fingerprint density at radius 2 is 1.20 bits per heavy atom. The lowest BCUT2D eigenvalue weighted by molar-refractivity contribution is 0.593. The molecule has 7 aromatic carbocycles. The lowest BCUT2D eigenvalue weighted by Crippen LogP contribution is -2.16. The average molecular weight is 565 g/mol. The molecule has 0 saturated heterocycles. The number of hydrogen-bond acceptors (Lipinski definition) is 3. The minimum atomic E-state index is 0.744. The van der Waals surface area contributed by atoms with Gasteiger partial charge < -0.3 is 14.6 Å². The molecule has 0 unspecified atom stereocenters. The highest BCUT2D eigenvalue weighted by molar-refractivity contribution is 6.23. The summed E-state index contributed by atoms with van der Waals surface area (Å²) in [5, 5.41) is 12.3. The Kier molecular flexibility index (Phi) is 5.57. The summed E-state index contributed by atoms with van der Waals surface area (Å²) in [5.74, 6) is 0.935. The van der Waals surface area contributed by atoms with Crippen molar-refractivity contribution >= 4 is 72.1 Å². The van der Waals surface area contributed by atoms with Crippen LogP contribution in [0.2, 0.25) is 0 Å². The highest BCUT2D eigenvalue weighted by atomic mass is 16.3. The molecule has 2 heterocycles. The molecule has 0 aliphatic carbocycles. The molecule has 9 rings (SSSR count). The van der Waals surface area contributed by atoms with Gasteiger partial charge >= 0.3 is 0 Å². The van der Waals surface area contributed by atoms with E-state index in [1.54, 1.807) is 0 Å². The molecule has 44 heavy (non-hydrogen) atoms. The fourth-order valence-corrected chi connectivity index (χ4v) is 6.81. The van der Waals surface area contributed by atoms with E-state index in [0.29, 0.717) is 0 Å². The number of benzene rings is 7. The molecule has 0 fully saturated rings. The molecule has 1 aromatic heterocycles. The highest BCUT2D eigenvalue weighted by Gasteiger charge is 2.20. The van der Waals surface area contributed by atoms with Crippen LogP contribution in [0.15, 0.2) is 150 Å². The first kappa shape index (κ1) is 24.8. The van der Waals surface area contributed by atoms with Gasteiger partial charge in [-0.05, 0) is 68.9 Å². The van der Waals surface area contributed by atoms with Gasteiger partial charge in [-0.1, -0.05) is 109 Å². The number of para-hydroxylation sites is 2. The van der Waals surface area contributed by atoms with E-state index in [9.17, 15) is 0 Å². The first-order valence-electron chi connectivity index (χ1n) is 15.1. The van der Waals surface area contributed by atoms with Crippen molar-refractivity contribution in [1.82, 2.24) is 5.32 Å². The van der Waals surface area contributed by atoms with Crippen LogP contribution < -0.4 is 10.2 Å². The molecule has 8 aromatic rings. The van der Waals surface area contributed by atoms with Gasteiger partial charge in [0, 0.05) is 46.0 Å². The van der Waals surface area contributed by atoms with Crippen molar-refractivity contribution in [2.45, 2.75) is 6.54 Å². The molecule has 0 amide bonds. The van der Waals surface area contributed by atoms with Crippen LogP contribution in [-0.4, -0.2) is 0 Å². The molecule has 0 atom stereocenters. The Morgan fingerprint density at radius 3 is 2.05 bits per heavy atom. The van der Waals surface area contributed by atoms with Gasteiger partial charge in [0.25, 0.3) is 0 Å². The summed E-state index contributed by atoms with van der Waals surface area (Å²) in [6.45, 7) is 0.744. The summed E-state index contributed by atoms with van der Waals surface area (Å²) in [5.41, 5.74) is 7.72. The Hall–Kier alpha value is -5.80. The quantitative estimate of drug-likeness (QED) is 0.216. The smallest absolute Gasteiger partial charge is 0.135 e. The Balaban J connectivity index is 1.19. The van der Waals surface area contributed by atoms with Crippen molar-refractivity contribution < 1.29 is 4.42 Å². The average Bonchev–Trinajstić information content (AvgIpc) is 3.47. The van der Waals surface area contributed by atoms with Crippen LogP contribution >= 0.6 is 0 Å². The molecule has 0 bridgehead atoms. The molecule has 0 spiro atoms. The number of nitrogens with zero attached hydrogens (tertiary/aromatic N) is 1. The van der Waals surface area contributed by atoms with Crippen LogP contribution in [0.3, 0.4) is 0 Å². The SMILES string of the molecule is C1=C(c2ccc(N(c3ccccc3)c3cc4ccc5ccccc5c4c4ccccc34)cc2)NCc2c1oc1ccccc21. The topological polar surface area (TPSA) is 28.4 Å². The second-order valence-electron chi connectivity index (χ2n) is 11.4. The number of furan rings is 1. The third kappa shape index (κ3) is 3.90. The molecule has 3 heteroatoms. The molecule has 0 radical (unpaired) electrons. The van der Waals surface area contributed by atoms with Gasteiger partial charge in [0.2, 0.25) is 0 Å². The molecule has 1 N–H and O–H groups in total. The number of rotatable bonds is 4. The van der Waals surface area contributed by atoms with E-state index in [4.69, 9.17) is 4.42 Å². The maximum Gasteiger partial charge on any atom is 0.135 e. The predicted molar refractivity (Wildman–Crippen MR) is 185 cm³/mol. The van der Waals surface area contributed by atoms with E-state index in [0.717, 1.165) is 46.2 Å². The molecule has 3 nitrogen and oxygen atoms in total. The number of hydrogen-bond donors (Lipinski definition) is 1. The van der Waals surface area contributed by atoms with Gasteiger partial charge in [0.1, 0.15) is 11.3 Å². The zero-order chi connectivity index (χ0) is 29.0. The maximum atomic E-state index is 6.20. The second-order valence-corrected chi connectivity index (χ2v) is 11.4. The molecule has 0 saturated carbocycles. The first-order chi connectivity index (χ1) is 21.8. The van der Waals surface area contributed by atoms with Crippen LogP contribution in [0.1, 0.15) is 16.9 Å². The van der Waals surface area contributed by atoms with E-state index in [2.05, 4.69) is 150 Å². The van der Waals surface area contributed by atoms with E-state index >= 15 is 0 Å². The minimum Gasteiger partial charge on any atom is -0.456 e. The summed E-state index contributed by atoms with van der Waals surface area (Å²) in [4.78, 5) is 2.38. The third-order valence-electron chi connectivity index (χ3n) is 8.88. The fourth-order valence-electron chi connectivity index (χ4n) is 6.81. The zero-order valence-corrected chi connectivity index (χ0v) is 24.0. The number of anilines is 3. The normalized spacial score (nSPS) is 12.8. The lowest BCUT2D eigenvalue weighted by atomic mass is 9.94. The summed E-state index contributed by atoms with van der Waals surface area (Å²) < 4.78 is 6.20. The van der Waals surface area contributed by atoms with Crippen molar-refractivity contribution in [1.29, 1.82) is 0 Å². The molecule has 1 aliphatic heterocycles. The van der Waals surface area contributed by atoms with Crippen molar-refractivity contribution in [2.24, 2.45) is 0 Å². The molecular weight excluding hydrogens is 536 g/mol. The minimum absolute atomic E-state index is 0.744. The Bertz CT molecular complexity index is 2380. The summed E-state index contributed by atoms with van der Waals surface area (Å²) >= 11 is 0. The van der Waals surface area contributed by atoms with E-state index in [1.807, 2.05) is 12.1 Å². The van der Waals surface area contributed by atoms with E-state index in [-0.39, 0.29) is 0 Å². The lowest BCUT2D eigenvalue weighted by Gasteiger charge is -2.28. The van der Waals surface area contributed by atoms with Gasteiger partial charge in [0.05, 0.1) is 5.69 Å². The second kappa shape index (κ2) is 9.89. The van der Waals surface area contributed by atoms with Gasteiger partial charge in [0.15, 0.2) is 0 Å². The Morgan fingerprint density at radius 1 is 0.545 bits per heavy atom. The van der Waals surface area contributed by atoms with Crippen LogP contribution in [0, 0.1) is 0 Å². The summed E-state index contributed by atoms with van der Waals surface area (Å²) in [6.07, 6.45) is 2.13. The van der Waals surface area contributed by atoms with Gasteiger partial charge in [-0.15, -0.1) is 0 Å². The number of fused-ring (bicyclic) bond motifs is 8. The van der Waals surface area contributed by atoms with Crippen molar-refractivity contribution in [3.05, 3.63) is 162 Å². The zero-order valence-electron chi connectivity index (χ0n) is 24.0. The van der Waals surface area contributed by atoms with Crippen LogP contribution in [0.5, 0.6) is 0 Å². The fraction of sp³-hybridized carbons (Fsp3) is 0.0244. The predicted octanol–water partition coefficient (Wildman–Crippen LogP) is 11.0. The Labute approximate surface area is 255 Å². The third-order valence-corrected chi connectivity index (χ3v) is 8.88. The maximum absolute atomic E-state index is 6.20. The van der Waals surface area contributed by atoms with Crippen molar-refractivity contribution in [3.63, 3.8) is 0 Å². The summed E-state index contributed by atoms with van der Waals surface area (Å²) in [6, 6.07) is 52.1. The van der Waals surface area contributed by atoms with Crippen LogP contribution in [0.4, 0.5) is 17.1 Å². The van der Waals surface area contributed by atoms with Crippen molar-refractivity contribution in [3.8, 4) is 0 Å². The summed E-state index contributed by atoms with van der Waals surface area (Å²) in [7, 11) is 0. The standard InChI is InChI=1S/C41H28N2O/c1-2-11-30(12-3-1)43(38-24-29-19-18-27-10-4-5-13-32(27)41(29)35-16-7-6-14-33(35)38)31-22-20-28(21-23-31)37-25-40-36(26-42-37)34-15-8-9-17-39(34)44-40/h1-25,42H,26H2. The van der Waals surface area contributed by atoms with E-state index in [1.165, 1.54) is 43.3 Å². The molecule has 208 valence electrons. The van der Waals surface area contributed by atoms with Gasteiger partial charge in [-0.25, -0.2) is 0 Å². The van der Waals surface area contributed by atoms with Gasteiger partial charge in [-0.3, -0.25) is 0 Å².